The van der Waals surface area contributed by atoms with Gasteiger partial charge in [-0.25, -0.2) is 9.37 Å². The van der Waals surface area contributed by atoms with Crippen LogP contribution in [0.5, 0.6) is 0 Å². The molecular formula is C13H10ClFN2O. The van der Waals surface area contributed by atoms with Gasteiger partial charge in [-0.1, -0.05) is 23.7 Å². The Balaban J connectivity index is 2.03. The van der Waals surface area contributed by atoms with Crippen LogP contribution >= 0.6 is 11.6 Å². The minimum Gasteiger partial charge on any atom is -0.310 e. The zero-order valence-electron chi connectivity index (χ0n) is 9.36. The number of nitrogens with zero attached hydrogens (tertiary/aromatic N) is 1. The van der Waals surface area contributed by atoms with Crippen molar-refractivity contribution in [3.05, 3.63) is 59.0 Å². The Bertz CT molecular complexity index is 560. The van der Waals surface area contributed by atoms with Gasteiger partial charge in [-0.05, 0) is 29.8 Å². The molecule has 0 fully saturated rings. The Labute approximate surface area is 109 Å². The fourth-order valence-corrected chi connectivity index (χ4v) is 1.62. The van der Waals surface area contributed by atoms with Crippen molar-refractivity contribution in [3.63, 3.8) is 0 Å². The van der Waals surface area contributed by atoms with Gasteiger partial charge in [-0.15, -0.1) is 0 Å². The molecular weight excluding hydrogens is 255 g/mol. The van der Waals surface area contributed by atoms with E-state index in [0.29, 0.717) is 16.4 Å². The summed E-state index contributed by atoms with van der Waals surface area (Å²) in [5.41, 5.74) is 0.299. The SMILES string of the molecule is O=C(Cc1ccc(Cl)cc1F)Nc1ccccn1. The summed E-state index contributed by atoms with van der Waals surface area (Å²) in [6.07, 6.45) is 1.51. The third-order valence-electron chi connectivity index (χ3n) is 2.30. The average molecular weight is 265 g/mol. The van der Waals surface area contributed by atoms with Crippen molar-refractivity contribution in [1.82, 2.24) is 4.98 Å². The molecule has 1 N–H and O–H groups in total. The maximum absolute atomic E-state index is 13.5. The molecule has 3 nitrogen and oxygen atoms in total. The molecule has 1 amide bonds. The topological polar surface area (TPSA) is 42.0 Å². The molecule has 1 aromatic carbocycles. The zero-order chi connectivity index (χ0) is 13.0. The van der Waals surface area contributed by atoms with Crippen molar-refractivity contribution in [2.75, 3.05) is 5.32 Å². The lowest BCUT2D eigenvalue weighted by molar-refractivity contribution is -0.115. The van der Waals surface area contributed by atoms with Crippen LogP contribution in [0.15, 0.2) is 42.6 Å². The molecule has 5 heteroatoms. The highest BCUT2D eigenvalue weighted by atomic mass is 35.5. The predicted molar refractivity (Wildman–Crippen MR) is 68.0 cm³/mol. The molecule has 2 rings (SSSR count). The van der Waals surface area contributed by atoms with Crippen LogP contribution in [0.25, 0.3) is 0 Å². The average Bonchev–Trinajstić information content (AvgIpc) is 2.34. The molecule has 1 aromatic heterocycles. The van der Waals surface area contributed by atoms with Crippen molar-refractivity contribution < 1.29 is 9.18 Å². The third kappa shape index (κ3) is 3.28. The van der Waals surface area contributed by atoms with E-state index in [-0.39, 0.29) is 12.3 Å². The standard InChI is InChI=1S/C13H10ClFN2O/c14-10-5-4-9(11(15)8-10)7-13(18)17-12-3-1-2-6-16-12/h1-6,8H,7H2,(H,16,17,18). The van der Waals surface area contributed by atoms with Gasteiger partial charge >= 0.3 is 0 Å². The van der Waals surface area contributed by atoms with Crippen LogP contribution < -0.4 is 5.32 Å². The fourth-order valence-electron chi connectivity index (χ4n) is 1.46. The molecule has 0 spiro atoms. The molecule has 1 heterocycles. The van der Waals surface area contributed by atoms with Gasteiger partial charge in [0.05, 0.1) is 6.42 Å². The number of hydrogen-bond donors (Lipinski definition) is 1. The van der Waals surface area contributed by atoms with Gasteiger partial charge in [0.1, 0.15) is 11.6 Å². The van der Waals surface area contributed by atoms with Gasteiger partial charge in [0.2, 0.25) is 5.91 Å². The lowest BCUT2D eigenvalue weighted by atomic mass is 10.1. The fraction of sp³-hybridized carbons (Fsp3) is 0.0769. The second kappa shape index (κ2) is 5.60. The second-order valence-electron chi connectivity index (χ2n) is 3.68. The van der Waals surface area contributed by atoms with Crippen LogP contribution in [0.1, 0.15) is 5.56 Å². The first-order valence-corrected chi connectivity index (χ1v) is 5.68. The van der Waals surface area contributed by atoms with Crippen LogP contribution in [0, 0.1) is 5.82 Å². The van der Waals surface area contributed by atoms with Crippen LogP contribution in [-0.2, 0) is 11.2 Å². The van der Waals surface area contributed by atoms with Crippen LogP contribution in [0.3, 0.4) is 0 Å². The molecule has 0 saturated heterocycles. The number of amides is 1. The van der Waals surface area contributed by atoms with Crippen molar-refractivity contribution >= 4 is 23.3 Å². The number of carbonyl (C=O) groups excluding carboxylic acids is 1. The zero-order valence-corrected chi connectivity index (χ0v) is 10.1. The molecule has 0 aliphatic rings. The molecule has 2 aromatic rings. The molecule has 18 heavy (non-hydrogen) atoms. The van der Waals surface area contributed by atoms with Crippen molar-refractivity contribution in [1.29, 1.82) is 0 Å². The monoisotopic (exact) mass is 264 g/mol. The number of nitrogens with one attached hydrogen (secondary N) is 1. The highest BCUT2D eigenvalue weighted by molar-refractivity contribution is 6.30. The molecule has 0 saturated carbocycles. The van der Waals surface area contributed by atoms with E-state index >= 15 is 0 Å². The van der Waals surface area contributed by atoms with Gasteiger partial charge in [-0.3, -0.25) is 4.79 Å². The van der Waals surface area contributed by atoms with Crippen LogP contribution in [0.4, 0.5) is 10.2 Å². The summed E-state index contributed by atoms with van der Waals surface area (Å²) in [7, 11) is 0. The number of benzene rings is 1. The normalized spacial score (nSPS) is 10.1. The highest BCUT2D eigenvalue weighted by Gasteiger charge is 2.09. The molecule has 0 atom stereocenters. The summed E-state index contributed by atoms with van der Waals surface area (Å²) in [6, 6.07) is 9.39. The Morgan fingerprint density at radius 1 is 1.33 bits per heavy atom. The number of aromatic nitrogens is 1. The first kappa shape index (κ1) is 12.5. The Kier molecular flexibility index (Phi) is 3.89. The van der Waals surface area contributed by atoms with Crippen LogP contribution in [0.2, 0.25) is 5.02 Å². The molecule has 0 unspecified atom stereocenters. The van der Waals surface area contributed by atoms with E-state index in [1.54, 1.807) is 30.5 Å². The number of anilines is 1. The quantitative estimate of drug-likeness (QED) is 0.926. The van der Waals surface area contributed by atoms with E-state index in [0.717, 1.165) is 0 Å². The number of rotatable bonds is 3. The molecule has 0 bridgehead atoms. The molecule has 92 valence electrons. The summed E-state index contributed by atoms with van der Waals surface area (Å²) < 4.78 is 13.5. The van der Waals surface area contributed by atoms with Gasteiger partial charge in [-0.2, -0.15) is 0 Å². The smallest absolute Gasteiger partial charge is 0.230 e. The predicted octanol–water partition coefficient (Wildman–Crippen LogP) is 3.06. The van der Waals surface area contributed by atoms with Gasteiger partial charge in [0.25, 0.3) is 0 Å². The number of pyridine rings is 1. The molecule has 0 radical (unpaired) electrons. The van der Waals surface area contributed by atoms with E-state index in [9.17, 15) is 9.18 Å². The van der Waals surface area contributed by atoms with Gasteiger partial charge in [0, 0.05) is 11.2 Å². The Hall–Kier alpha value is -1.94. The second-order valence-corrected chi connectivity index (χ2v) is 4.11. The maximum atomic E-state index is 13.5. The van der Waals surface area contributed by atoms with Crippen molar-refractivity contribution in [2.45, 2.75) is 6.42 Å². The summed E-state index contributed by atoms with van der Waals surface area (Å²) in [5.74, 6) is -0.370. The van der Waals surface area contributed by atoms with E-state index in [1.807, 2.05) is 0 Å². The highest BCUT2D eigenvalue weighted by Crippen LogP contribution is 2.15. The summed E-state index contributed by atoms with van der Waals surface area (Å²) in [6.45, 7) is 0. The van der Waals surface area contributed by atoms with E-state index in [2.05, 4.69) is 10.3 Å². The summed E-state index contributed by atoms with van der Waals surface area (Å²) in [5, 5.41) is 2.89. The first-order valence-electron chi connectivity index (χ1n) is 5.30. The summed E-state index contributed by atoms with van der Waals surface area (Å²) >= 11 is 5.63. The number of halogens is 2. The lowest BCUT2D eigenvalue weighted by Gasteiger charge is -2.05. The van der Waals surface area contributed by atoms with E-state index in [1.165, 1.54) is 12.1 Å². The Morgan fingerprint density at radius 3 is 2.83 bits per heavy atom. The van der Waals surface area contributed by atoms with Crippen molar-refractivity contribution in [3.8, 4) is 0 Å². The number of carbonyl (C=O) groups is 1. The largest absolute Gasteiger partial charge is 0.310 e. The minimum absolute atomic E-state index is 0.0560. The summed E-state index contributed by atoms with van der Waals surface area (Å²) in [4.78, 5) is 15.6. The van der Waals surface area contributed by atoms with E-state index < -0.39 is 5.82 Å². The minimum atomic E-state index is -0.487. The molecule has 0 aliphatic heterocycles. The van der Waals surface area contributed by atoms with Gasteiger partial charge in [0.15, 0.2) is 0 Å². The Morgan fingerprint density at radius 2 is 2.17 bits per heavy atom. The van der Waals surface area contributed by atoms with Gasteiger partial charge < -0.3 is 5.32 Å². The molecule has 0 aliphatic carbocycles. The maximum Gasteiger partial charge on any atom is 0.230 e. The van der Waals surface area contributed by atoms with Crippen molar-refractivity contribution in [2.24, 2.45) is 0 Å². The van der Waals surface area contributed by atoms with Crippen LogP contribution in [-0.4, -0.2) is 10.9 Å². The lowest BCUT2D eigenvalue weighted by Crippen LogP contribution is -2.15. The van der Waals surface area contributed by atoms with E-state index in [4.69, 9.17) is 11.6 Å². The first-order chi connectivity index (χ1) is 8.65. The third-order valence-corrected chi connectivity index (χ3v) is 2.53. The number of hydrogen-bond acceptors (Lipinski definition) is 2.